The summed E-state index contributed by atoms with van der Waals surface area (Å²) < 4.78 is 0. The van der Waals surface area contributed by atoms with E-state index >= 15 is 0 Å². The van der Waals surface area contributed by atoms with Crippen molar-refractivity contribution in [2.75, 3.05) is 13.1 Å². The Hall–Kier alpha value is -0.990. The van der Waals surface area contributed by atoms with Crippen molar-refractivity contribution in [3.8, 4) is 0 Å². The highest BCUT2D eigenvalue weighted by atomic mass is 16.4. The molecule has 1 aliphatic rings. The summed E-state index contributed by atoms with van der Waals surface area (Å²) in [5.41, 5.74) is 0.102. The molecule has 1 aliphatic heterocycles. The van der Waals surface area contributed by atoms with Crippen LogP contribution >= 0.6 is 0 Å². The quantitative estimate of drug-likeness (QED) is 0.325. The normalized spacial score (nSPS) is 15.8. The van der Waals surface area contributed by atoms with Gasteiger partial charge in [0, 0.05) is 13.1 Å². The lowest BCUT2D eigenvalue weighted by molar-refractivity contribution is -0.300. The van der Waals surface area contributed by atoms with Gasteiger partial charge in [-0.2, -0.15) is 0 Å². The molecule has 0 N–H and O–H groups in total. The van der Waals surface area contributed by atoms with Gasteiger partial charge in [0.2, 0.25) is 0 Å². The first kappa shape index (κ1) is 5.15. The third-order valence-corrected chi connectivity index (χ3v) is 1.06. The average molecular weight is 112 g/mol. The Morgan fingerprint density at radius 3 is 2.25 bits per heavy atom. The summed E-state index contributed by atoms with van der Waals surface area (Å²) in [4.78, 5) is 11.6. The van der Waals surface area contributed by atoms with E-state index in [1.54, 1.807) is 4.90 Å². The number of rotatable bonds is 2. The van der Waals surface area contributed by atoms with E-state index in [4.69, 9.17) is 0 Å². The molecule has 0 unspecified atom stereocenters. The van der Waals surface area contributed by atoms with Crippen molar-refractivity contribution in [3.05, 3.63) is 12.3 Å². The van der Waals surface area contributed by atoms with E-state index < -0.39 is 5.97 Å². The van der Waals surface area contributed by atoms with Crippen molar-refractivity contribution in [1.82, 2.24) is 4.90 Å². The standard InChI is InChI=1S/C5H7NO2/c1-4(5(7)8)6-2-3-6/h1-3H2,(H,7,8)/p-1. The summed E-state index contributed by atoms with van der Waals surface area (Å²) in [6, 6.07) is 0. The zero-order valence-corrected chi connectivity index (χ0v) is 4.39. The van der Waals surface area contributed by atoms with Crippen LogP contribution in [0.15, 0.2) is 12.3 Å². The zero-order valence-electron chi connectivity index (χ0n) is 4.39. The summed E-state index contributed by atoms with van der Waals surface area (Å²) in [5, 5.41) is 9.93. The van der Waals surface area contributed by atoms with Gasteiger partial charge in [-0.15, -0.1) is 0 Å². The van der Waals surface area contributed by atoms with E-state index in [2.05, 4.69) is 6.58 Å². The molecule has 0 amide bonds. The van der Waals surface area contributed by atoms with Crippen LogP contribution < -0.4 is 5.11 Å². The second-order valence-corrected chi connectivity index (χ2v) is 1.72. The number of carboxylic acid groups (broad SMARTS) is 1. The second kappa shape index (κ2) is 1.51. The summed E-state index contributed by atoms with van der Waals surface area (Å²) in [6.45, 7) is 4.90. The number of hydrogen-bond acceptors (Lipinski definition) is 3. The number of carbonyl (C=O) groups excluding carboxylic acids is 1. The Morgan fingerprint density at radius 1 is 1.62 bits per heavy atom. The van der Waals surface area contributed by atoms with Gasteiger partial charge in [0.25, 0.3) is 0 Å². The van der Waals surface area contributed by atoms with E-state index in [0.717, 1.165) is 13.1 Å². The van der Waals surface area contributed by atoms with Gasteiger partial charge in [-0.25, -0.2) is 0 Å². The van der Waals surface area contributed by atoms with Gasteiger partial charge >= 0.3 is 0 Å². The molecule has 0 aromatic heterocycles. The zero-order chi connectivity index (χ0) is 6.15. The molecule has 1 fully saturated rings. The van der Waals surface area contributed by atoms with Crippen molar-refractivity contribution in [3.63, 3.8) is 0 Å². The number of nitrogens with zero attached hydrogens (tertiary/aromatic N) is 1. The van der Waals surface area contributed by atoms with Crippen LogP contribution in [0.1, 0.15) is 0 Å². The molecule has 0 aromatic rings. The molecule has 0 radical (unpaired) electrons. The average Bonchev–Trinajstić information content (AvgIpc) is 2.43. The maximum absolute atomic E-state index is 9.93. The summed E-state index contributed by atoms with van der Waals surface area (Å²) in [6.07, 6.45) is 0. The maximum atomic E-state index is 9.93. The third-order valence-electron chi connectivity index (χ3n) is 1.06. The Kier molecular flexibility index (Phi) is 0.970. The van der Waals surface area contributed by atoms with Crippen molar-refractivity contribution in [2.24, 2.45) is 0 Å². The van der Waals surface area contributed by atoms with Crippen LogP contribution in [0.3, 0.4) is 0 Å². The summed E-state index contributed by atoms with van der Waals surface area (Å²) >= 11 is 0. The van der Waals surface area contributed by atoms with Crippen LogP contribution in [0.25, 0.3) is 0 Å². The van der Waals surface area contributed by atoms with Crippen LogP contribution in [-0.4, -0.2) is 24.0 Å². The molecule has 8 heavy (non-hydrogen) atoms. The molecule has 0 bridgehead atoms. The van der Waals surface area contributed by atoms with Gasteiger partial charge in [0.05, 0.1) is 11.7 Å². The van der Waals surface area contributed by atoms with E-state index in [1.807, 2.05) is 0 Å². The monoisotopic (exact) mass is 112 g/mol. The molecular weight excluding hydrogens is 106 g/mol. The second-order valence-electron chi connectivity index (χ2n) is 1.72. The lowest BCUT2D eigenvalue weighted by Crippen LogP contribution is -2.27. The molecule has 0 aromatic carbocycles. The molecule has 0 atom stereocenters. The van der Waals surface area contributed by atoms with Crippen LogP contribution in [0.2, 0.25) is 0 Å². The predicted molar refractivity (Wildman–Crippen MR) is 25.7 cm³/mol. The Bertz CT molecular complexity index is 137. The maximum Gasteiger partial charge on any atom is 0.0870 e. The first-order valence-corrected chi connectivity index (χ1v) is 2.37. The van der Waals surface area contributed by atoms with Gasteiger partial charge in [0.15, 0.2) is 0 Å². The fourth-order valence-corrected chi connectivity index (χ4v) is 0.449. The fourth-order valence-electron chi connectivity index (χ4n) is 0.449. The Labute approximate surface area is 47.2 Å². The van der Waals surface area contributed by atoms with E-state index in [0.29, 0.717) is 0 Å². The lowest BCUT2D eigenvalue weighted by Gasteiger charge is -2.05. The number of aliphatic carboxylic acids is 1. The topological polar surface area (TPSA) is 43.1 Å². The number of carbonyl (C=O) groups is 1. The van der Waals surface area contributed by atoms with Gasteiger partial charge in [0.1, 0.15) is 0 Å². The van der Waals surface area contributed by atoms with Crippen LogP contribution in [-0.2, 0) is 4.79 Å². The first-order valence-electron chi connectivity index (χ1n) is 2.37. The summed E-state index contributed by atoms with van der Waals surface area (Å²) in [5.74, 6) is -1.16. The highest BCUT2D eigenvalue weighted by molar-refractivity contribution is 5.83. The lowest BCUT2D eigenvalue weighted by atomic mass is 10.5. The molecule has 0 aliphatic carbocycles. The Morgan fingerprint density at radius 2 is 2.12 bits per heavy atom. The molecule has 3 nitrogen and oxygen atoms in total. The highest BCUT2D eigenvalue weighted by Crippen LogP contribution is 2.10. The molecule has 1 saturated heterocycles. The van der Waals surface area contributed by atoms with Crippen molar-refractivity contribution >= 4 is 5.97 Å². The van der Waals surface area contributed by atoms with Gasteiger partial charge in [-0.05, 0) is 0 Å². The molecular formula is C5H6NO2-. The minimum atomic E-state index is -1.16. The smallest absolute Gasteiger partial charge is 0.0870 e. The molecule has 1 heterocycles. The van der Waals surface area contributed by atoms with Gasteiger partial charge in [-0.3, -0.25) is 0 Å². The van der Waals surface area contributed by atoms with Crippen molar-refractivity contribution < 1.29 is 9.90 Å². The largest absolute Gasteiger partial charge is 0.543 e. The SMILES string of the molecule is C=C(C(=O)[O-])N1CC1. The molecule has 3 heteroatoms. The van der Waals surface area contributed by atoms with E-state index in [-0.39, 0.29) is 5.70 Å². The number of hydrogen-bond donors (Lipinski definition) is 0. The summed E-state index contributed by atoms with van der Waals surface area (Å²) in [7, 11) is 0. The molecule has 44 valence electrons. The molecule has 0 saturated carbocycles. The van der Waals surface area contributed by atoms with Crippen molar-refractivity contribution in [1.29, 1.82) is 0 Å². The van der Waals surface area contributed by atoms with Gasteiger partial charge in [-0.1, -0.05) is 6.58 Å². The molecule has 1 rings (SSSR count). The van der Waals surface area contributed by atoms with Gasteiger partial charge < -0.3 is 14.8 Å². The van der Waals surface area contributed by atoms with Crippen molar-refractivity contribution in [2.45, 2.75) is 0 Å². The minimum Gasteiger partial charge on any atom is -0.543 e. The fraction of sp³-hybridized carbons (Fsp3) is 0.400. The van der Waals surface area contributed by atoms with E-state index in [9.17, 15) is 9.90 Å². The van der Waals surface area contributed by atoms with Crippen LogP contribution in [0, 0.1) is 0 Å². The van der Waals surface area contributed by atoms with Crippen LogP contribution in [0.5, 0.6) is 0 Å². The van der Waals surface area contributed by atoms with E-state index in [1.165, 1.54) is 0 Å². The predicted octanol–water partition coefficient (Wildman–Crippen LogP) is -1.43. The molecule has 0 spiro atoms. The number of carboxylic acids is 1. The Balaban J connectivity index is 2.45. The minimum absolute atomic E-state index is 0.102. The van der Waals surface area contributed by atoms with Crippen LogP contribution in [0.4, 0.5) is 0 Å². The third kappa shape index (κ3) is 0.804. The highest BCUT2D eigenvalue weighted by Gasteiger charge is 2.18. The first-order chi connectivity index (χ1) is 3.72.